The summed E-state index contributed by atoms with van der Waals surface area (Å²) in [6.07, 6.45) is 1.63. The number of nitrogens with one attached hydrogen (secondary N) is 1. The van der Waals surface area contributed by atoms with Crippen LogP contribution < -0.4 is 15.8 Å². The fourth-order valence-corrected chi connectivity index (χ4v) is 5.89. The van der Waals surface area contributed by atoms with Gasteiger partial charge in [-0.2, -0.15) is 0 Å². The Bertz CT molecular complexity index is 1740. The second kappa shape index (κ2) is 13.1. The monoisotopic (exact) mass is 588 g/mol. The van der Waals surface area contributed by atoms with Gasteiger partial charge in [0, 0.05) is 26.1 Å². The smallest absolute Gasteiger partial charge is 0.243 e. The molecule has 1 saturated heterocycles. The molecule has 3 unspecified atom stereocenters. The van der Waals surface area contributed by atoms with Crippen LogP contribution in [0.3, 0.4) is 0 Å². The summed E-state index contributed by atoms with van der Waals surface area (Å²) in [4.78, 5) is 29.2. The van der Waals surface area contributed by atoms with E-state index in [0.717, 1.165) is 33.5 Å². The van der Waals surface area contributed by atoms with Crippen LogP contribution in [0.25, 0.3) is 11.0 Å². The highest BCUT2D eigenvalue weighted by atomic mass is 16.5. The minimum absolute atomic E-state index is 0.105. The zero-order valence-corrected chi connectivity index (χ0v) is 24.7. The summed E-state index contributed by atoms with van der Waals surface area (Å²) < 4.78 is 7.96. The minimum Gasteiger partial charge on any atom is -0.457 e. The number of fused-ring (bicyclic) bond motifs is 1. The lowest BCUT2D eigenvalue weighted by molar-refractivity contribution is -0.139. The van der Waals surface area contributed by atoms with E-state index in [4.69, 9.17) is 10.5 Å². The predicted octanol–water partition coefficient (Wildman–Crippen LogP) is 4.72. The van der Waals surface area contributed by atoms with E-state index in [9.17, 15) is 9.59 Å². The Morgan fingerprint density at radius 2 is 1.68 bits per heavy atom. The maximum absolute atomic E-state index is 13.8. The van der Waals surface area contributed by atoms with Crippen molar-refractivity contribution in [2.75, 3.05) is 6.54 Å². The molecule has 1 aromatic heterocycles. The number of para-hydroxylation sites is 2. The number of amides is 2. The van der Waals surface area contributed by atoms with Crippen molar-refractivity contribution >= 4 is 22.8 Å². The number of rotatable bonds is 10. The van der Waals surface area contributed by atoms with E-state index in [0.29, 0.717) is 38.1 Å². The van der Waals surface area contributed by atoms with Gasteiger partial charge in [-0.15, -0.1) is 5.10 Å². The van der Waals surface area contributed by atoms with Gasteiger partial charge in [0.1, 0.15) is 23.1 Å². The van der Waals surface area contributed by atoms with Crippen molar-refractivity contribution in [2.45, 2.75) is 43.8 Å². The number of benzene rings is 4. The molecule has 9 heteroatoms. The van der Waals surface area contributed by atoms with Crippen LogP contribution >= 0.6 is 0 Å². The van der Waals surface area contributed by atoms with Crippen molar-refractivity contribution < 1.29 is 14.3 Å². The van der Waals surface area contributed by atoms with Crippen molar-refractivity contribution in [3.63, 3.8) is 0 Å². The molecule has 4 aromatic carbocycles. The van der Waals surface area contributed by atoms with Gasteiger partial charge in [0.05, 0.1) is 11.6 Å². The second-order valence-electron chi connectivity index (χ2n) is 11.3. The van der Waals surface area contributed by atoms with Crippen LogP contribution in [0.5, 0.6) is 11.5 Å². The van der Waals surface area contributed by atoms with Gasteiger partial charge in [-0.3, -0.25) is 9.59 Å². The van der Waals surface area contributed by atoms with Gasteiger partial charge >= 0.3 is 0 Å². The van der Waals surface area contributed by atoms with Gasteiger partial charge in [0.25, 0.3) is 0 Å². The molecule has 1 aliphatic rings. The van der Waals surface area contributed by atoms with E-state index >= 15 is 0 Å². The number of nitrogens with zero attached hydrogens (tertiary/aromatic N) is 4. The van der Waals surface area contributed by atoms with E-state index in [-0.39, 0.29) is 17.7 Å². The molecule has 2 heterocycles. The number of likely N-dealkylation sites (tertiary alicyclic amines) is 1. The largest absolute Gasteiger partial charge is 0.457 e. The second-order valence-corrected chi connectivity index (χ2v) is 11.3. The fraction of sp³-hybridized carbons (Fsp3) is 0.257. The lowest BCUT2D eigenvalue weighted by Gasteiger charge is -2.27. The van der Waals surface area contributed by atoms with Crippen molar-refractivity contribution in [3.8, 4) is 11.5 Å². The zero-order chi connectivity index (χ0) is 30.5. The molecule has 5 aromatic rings. The third-order valence-electron chi connectivity index (χ3n) is 8.26. The van der Waals surface area contributed by atoms with E-state index in [1.807, 2.05) is 110 Å². The molecule has 0 spiro atoms. The normalized spacial score (nSPS) is 17.0. The SMILES string of the molecule is Cn1nnc2cc(CNC(=O)C3CC(c4ccccc4Oc4ccccc4)CN3C(=O)C(N)CCc3ccccc3)ccc21. The third kappa shape index (κ3) is 6.48. The van der Waals surface area contributed by atoms with Crippen molar-refractivity contribution in [3.05, 3.63) is 120 Å². The lowest BCUT2D eigenvalue weighted by atomic mass is 9.95. The van der Waals surface area contributed by atoms with Gasteiger partial charge in [-0.05, 0) is 66.3 Å². The average molecular weight is 589 g/mol. The van der Waals surface area contributed by atoms with E-state index in [2.05, 4.69) is 15.6 Å². The molecule has 6 rings (SSSR count). The number of hydrogen-bond acceptors (Lipinski definition) is 6. The van der Waals surface area contributed by atoms with Gasteiger partial charge in [0.15, 0.2) is 0 Å². The van der Waals surface area contributed by atoms with Crippen LogP contribution in [0.15, 0.2) is 103 Å². The van der Waals surface area contributed by atoms with Crippen molar-refractivity contribution in [1.82, 2.24) is 25.2 Å². The third-order valence-corrected chi connectivity index (χ3v) is 8.26. The molecule has 44 heavy (non-hydrogen) atoms. The molecule has 0 saturated carbocycles. The molecule has 2 amide bonds. The molecular weight excluding hydrogens is 552 g/mol. The Hall–Kier alpha value is -5.02. The Kier molecular flexibility index (Phi) is 8.65. The topological polar surface area (TPSA) is 115 Å². The molecule has 0 radical (unpaired) electrons. The summed E-state index contributed by atoms with van der Waals surface area (Å²) in [5.41, 5.74) is 11.1. The average Bonchev–Trinajstić information content (AvgIpc) is 3.67. The first-order valence-electron chi connectivity index (χ1n) is 14.9. The van der Waals surface area contributed by atoms with Crippen LogP contribution in [-0.2, 0) is 29.6 Å². The Morgan fingerprint density at radius 3 is 2.48 bits per heavy atom. The van der Waals surface area contributed by atoms with Crippen LogP contribution in [0, 0.1) is 0 Å². The summed E-state index contributed by atoms with van der Waals surface area (Å²) in [6.45, 7) is 0.680. The molecule has 224 valence electrons. The molecule has 3 atom stereocenters. The maximum atomic E-state index is 13.8. The summed E-state index contributed by atoms with van der Waals surface area (Å²) in [5.74, 6) is 0.903. The molecule has 0 bridgehead atoms. The van der Waals surface area contributed by atoms with Crippen LogP contribution in [0.2, 0.25) is 0 Å². The number of carbonyl (C=O) groups excluding carboxylic acids is 2. The summed E-state index contributed by atoms with van der Waals surface area (Å²) in [5, 5.41) is 11.3. The van der Waals surface area contributed by atoms with Crippen LogP contribution in [0.1, 0.15) is 35.4 Å². The highest BCUT2D eigenvalue weighted by Gasteiger charge is 2.42. The molecule has 9 nitrogen and oxygen atoms in total. The molecule has 3 N–H and O–H groups in total. The van der Waals surface area contributed by atoms with E-state index in [1.165, 1.54) is 0 Å². The fourth-order valence-electron chi connectivity index (χ4n) is 5.89. The summed E-state index contributed by atoms with van der Waals surface area (Å²) >= 11 is 0. The molecular formula is C35H36N6O3. The Balaban J connectivity index is 1.21. The van der Waals surface area contributed by atoms with E-state index < -0.39 is 12.1 Å². The first-order chi connectivity index (χ1) is 21.5. The Labute approximate surface area is 256 Å². The van der Waals surface area contributed by atoms with Gasteiger partial charge in [-0.1, -0.05) is 78.0 Å². The highest BCUT2D eigenvalue weighted by molar-refractivity contribution is 5.90. The molecule has 1 fully saturated rings. The first kappa shape index (κ1) is 29.1. The summed E-state index contributed by atoms with van der Waals surface area (Å²) in [7, 11) is 1.84. The number of aryl methyl sites for hydroxylation is 2. The Morgan fingerprint density at radius 1 is 0.955 bits per heavy atom. The number of ether oxygens (including phenoxy) is 1. The number of carbonyl (C=O) groups is 2. The zero-order valence-electron chi connectivity index (χ0n) is 24.7. The number of hydrogen-bond donors (Lipinski definition) is 2. The standard InChI is InChI=1S/C35H36N6O3/c1-40-31-19-17-25(20-30(31)38-39-40)22-37-34(42)32-21-26(28-14-8-9-15-33(28)44-27-12-6-3-7-13-27)23-41(32)35(43)29(36)18-16-24-10-4-2-5-11-24/h2-15,17,19-20,26,29,32H,16,18,21-23,36H2,1H3,(H,37,42). The van der Waals surface area contributed by atoms with E-state index in [1.54, 1.807) is 9.58 Å². The quantitative estimate of drug-likeness (QED) is 0.244. The van der Waals surface area contributed by atoms with Crippen molar-refractivity contribution in [2.24, 2.45) is 12.8 Å². The molecule has 0 aliphatic carbocycles. The van der Waals surface area contributed by atoms with Gasteiger partial charge < -0.3 is 20.7 Å². The maximum Gasteiger partial charge on any atom is 0.243 e. The van der Waals surface area contributed by atoms with Crippen LogP contribution in [-0.4, -0.2) is 50.3 Å². The van der Waals surface area contributed by atoms with Crippen LogP contribution in [0.4, 0.5) is 0 Å². The lowest BCUT2D eigenvalue weighted by Crippen LogP contribution is -2.51. The van der Waals surface area contributed by atoms with Gasteiger partial charge in [-0.25, -0.2) is 4.68 Å². The summed E-state index contributed by atoms with van der Waals surface area (Å²) in [6, 6.07) is 31.8. The number of aromatic nitrogens is 3. The minimum atomic E-state index is -0.723. The predicted molar refractivity (Wildman–Crippen MR) is 169 cm³/mol. The van der Waals surface area contributed by atoms with Gasteiger partial charge in [0.2, 0.25) is 11.8 Å². The van der Waals surface area contributed by atoms with Crippen molar-refractivity contribution in [1.29, 1.82) is 0 Å². The highest BCUT2D eigenvalue weighted by Crippen LogP contribution is 2.38. The first-order valence-corrected chi connectivity index (χ1v) is 14.9. The number of nitrogens with two attached hydrogens (primary N) is 1. The molecule has 1 aliphatic heterocycles.